The predicted molar refractivity (Wildman–Crippen MR) is 64.6 cm³/mol. The van der Waals surface area contributed by atoms with Gasteiger partial charge in [-0.25, -0.2) is 4.79 Å². The van der Waals surface area contributed by atoms with Gasteiger partial charge in [0.05, 0.1) is 12.7 Å². The first-order valence-corrected chi connectivity index (χ1v) is 3.86. The van der Waals surface area contributed by atoms with E-state index in [0.29, 0.717) is 17.8 Å². The molecular formula is C9H14Cl2N2O2. The minimum atomic E-state index is -0.380. The molecule has 0 radical (unpaired) electrons. The Bertz CT molecular complexity index is 332. The van der Waals surface area contributed by atoms with E-state index in [2.05, 4.69) is 4.74 Å². The van der Waals surface area contributed by atoms with Crippen LogP contribution in [0, 0.1) is 0 Å². The Morgan fingerprint density at radius 3 is 2.47 bits per heavy atom. The van der Waals surface area contributed by atoms with Crippen molar-refractivity contribution in [3.8, 4) is 0 Å². The van der Waals surface area contributed by atoms with Gasteiger partial charge < -0.3 is 16.2 Å². The van der Waals surface area contributed by atoms with Crippen molar-refractivity contribution in [1.29, 1.82) is 0 Å². The molecule has 0 unspecified atom stereocenters. The zero-order valence-electron chi connectivity index (χ0n) is 8.23. The maximum absolute atomic E-state index is 11.1. The highest BCUT2D eigenvalue weighted by atomic mass is 35.5. The molecule has 4 N–H and O–H groups in total. The summed E-state index contributed by atoms with van der Waals surface area (Å²) in [5.41, 5.74) is 12.9. The van der Waals surface area contributed by atoms with Gasteiger partial charge in [0.2, 0.25) is 0 Å². The lowest BCUT2D eigenvalue weighted by molar-refractivity contribution is 0.0600. The quantitative estimate of drug-likeness (QED) is 0.616. The Morgan fingerprint density at radius 2 is 2.00 bits per heavy atom. The van der Waals surface area contributed by atoms with E-state index in [1.54, 1.807) is 18.2 Å². The summed E-state index contributed by atoms with van der Waals surface area (Å²) in [5, 5.41) is 0. The van der Waals surface area contributed by atoms with E-state index in [-0.39, 0.29) is 30.8 Å². The number of esters is 1. The molecule has 0 atom stereocenters. The van der Waals surface area contributed by atoms with Crippen molar-refractivity contribution in [1.82, 2.24) is 0 Å². The van der Waals surface area contributed by atoms with Gasteiger partial charge in [0.15, 0.2) is 0 Å². The zero-order chi connectivity index (χ0) is 9.84. The first kappa shape index (κ1) is 16.5. The number of nitrogens with two attached hydrogens (primary N) is 2. The summed E-state index contributed by atoms with van der Waals surface area (Å²) in [4.78, 5) is 11.1. The van der Waals surface area contributed by atoms with Crippen molar-refractivity contribution >= 4 is 36.5 Å². The maximum Gasteiger partial charge on any atom is 0.337 e. The second-order valence-electron chi connectivity index (χ2n) is 2.61. The Hall–Kier alpha value is -0.970. The molecule has 6 heteroatoms. The molecule has 1 aromatic carbocycles. The predicted octanol–water partition coefficient (Wildman–Crippen LogP) is 1.36. The zero-order valence-corrected chi connectivity index (χ0v) is 9.86. The normalized spacial score (nSPS) is 8.40. The van der Waals surface area contributed by atoms with Crippen LogP contribution in [-0.4, -0.2) is 13.1 Å². The van der Waals surface area contributed by atoms with Gasteiger partial charge in [0.25, 0.3) is 0 Å². The van der Waals surface area contributed by atoms with Crippen molar-refractivity contribution in [3.63, 3.8) is 0 Å². The standard InChI is InChI=1S/C9H12N2O2.2ClH/c1-13-9(12)6-2-3-8(11)7(4-6)5-10;;/h2-4H,5,10-11H2,1H3;2*1H. The summed E-state index contributed by atoms with van der Waals surface area (Å²) in [7, 11) is 1.33. The number of halogens is 2. The molecule has 0 bridgehead atoms. The number of rotatable bonds is 2. The van der Waals surface area contributed by atoms with Crippen LogP contribution in [0.1, 0.15) is 15.9 Å². The second-order valence-corrected chi connectivity index (χ2v) is 2.61. The topological polar surface area (TPSA) is 78.3 Å². The average Bonchev–Trinajstić information content (AvgIpc) is 2.17. The van der Waals surface area contributed by atoms with Crippen LogP contribution in [0.15, 0.2) is 18.2 Å². The Labute approximate surface area is 101 Å². The first-order valence-electron chi connectivity index (χ1n) is 3.86. The number of carbonyl (C=O) groups is 1. The van der Waals surface area contributed by atoms with Crippen LogP contribution in [0.4, 0.5) is 5.69 Å². The van der Waals surface area contributed by atoms with Crippen LogP contribution in [-0.2, 0) is 11.3 Å². The summed E-state index contributed by atoms with van der Waals surface area (Å²) in [5.74, 6) is -0.380. The monoisotopic (exact) mass is 252 g/mol. The number of anilines is 1. The van der Waals surface area contributed by atoms with Gasteiger partial charge >= 0.3 is 5.97 Å². The molecule has 0 aliphatic rings. The summed E-state index contributed by atoms with van der Waals surface area (Å²) in [6.07, 6.45) is 0. The van der Waals surface area contributed by atoms with Crippen LogP contribution >= 0.6 is 24.8 Å². The molecule has 0 saturated heterocycles. The molecule has 86 valence electrons. The summed E-state index contributed by atoms with van der Waals surface area (Å²) in [6.45, 7) is 0.316. The van der Waals surface area contributed by atoms with Gasteiger partial charge in [-0.1, -0.05) is 0 Å². The van der Waals surface area contributed by atoms with Crippen molar-refractivity contribution in [3.05, 3.63) is 29.3 Å². The van der Waals surface area contributed by atoms with Crippen LogP contribution < -0.4 is 11.5 Å². The number of nitrogen functional groups attached to an aromatic ring is 1. The molecule has 0 aliphatic carbocycles. The molecule has 0 heterocycles. The number of carbonyl (C=O) groups excluding carboxylic acids is 1. The third-order valence-corrected chi connectivity index (χ3v) is 1.78. The molecule has 0 saturated carbocycles. The van der Waals surface area contributed by atoms with Crippen LogP contribution in [0.5, 0.6) is 0 Å². The van der Waals surface area contributed by atoms with E-state index in [0.717, 1.165) is 5.56 Å². The lowest BCUT2D eigenvalue weighted by Crippen LogP contribution is -2.06. The van der Waals surface area contributed by atoms with Gasteiger partial charge in [-0.05, 0) is 23.8 Å². The number of hydrogen-bond donors (Lipinski definition) is 2. The fraction of sp³-hybridized carbons (Fsp3) is 0.222. The fourth-order valence-electron chi connectivity index (χ4n) is 1.03. The number of methoxy groups -OCH3 is 1. The Morgan fingerprint density at radius 1 is 1.40 bits per heavy atom. The van der Waals surface area contributed by atoms with E-state index in [9.17, 15) is 4.79 Å². The fourth-order valence-corrected chi connectivity index (χ4v) is 1.03. The van der Waals surface area contributed by atoms with Crippen molar-refractivity contribution in [2.24, 2.45) is 5.73 Å². The molecule has 0 aromatic heterocycles. The average molecular weight is 253 g/mol. The van der Waals surface area contributed by atoms with Gasteiger partial charge in [-0.2, -0.15) is 0 Å². The summed E-state index contributed by atoms with van der Waals surface area (Å²) >= 11 is 0. The Balaban J connectivity index is 0. The van der Waals surface area contributed by atoms with E-state index in [1.165, 1.54) is 7.11 Å². The van der Waals surface area contributed by atoms with Gasteiger partial charge in [-0.15, -0.1) is 24.8 Å². The lowest BCUT2D eigenvalue weighted by atomic mass is 10.1. The number of ether oxygens (including phenoxy) is 1. The van der Waals surface area contributed by atoms with E-state index in [1.807, 2.05) is 0 Å². The van der Waals surface area contributed by atoms with E-state index >= 15 is 0 Å². The largest absolute Gasteiger partial charge is 0.465 e. The maximum atomic E-state index is 11.1. The van der Waals surface area contributed by atoms with Crippen molar-refractivity contribution < 1.29 is 9.53 Å². The minimum absolute atomic E-state index is 0. The van der Waals surface area contributed by atoms with Crippen molar-refractivity contribution in [2.75, 3.05) is 12.8 Å². The molecule has 4 nitrogen and oxygen atoms in total. The highest BCUT2D eigenvalue weighted by Gasteiger charge is 2.06. The lowest BCUT2D eigenvalue weighted by Gasteiger charge is -2.04. The van der Waals surface area contributed by atoms with Gasteiger partial charge in [-0.3, -0.25) is 0 Å². The molecular weight excluding hydrogens is 239 g/mol. The molecule has 0 fully saturated rings. The molecule has 15 heavy (non-hydrogen) atoms. The highest BCUT2D eigenvalue weighted by Crippen LogP contribution is 2.13. The Kier molecular flexibility index (Phi) is 8.05. The third kappa shape index (κ3) is 3.95. The molecule has 0 amide bonds. The van der Waals surface area contributed by atoms with Crippen molar-refractivity contribution in [2.45, 2.75) is 6.54 Å². The van der Waals surface area contributed by atoms with Crippen LogP contribution in [0.25, 0.3) is 0 Å². The second kappa shape index (κ2) is 7.34. The van der Waals surface area contributed by atoms with Gasteiger partial charge in [0.1, 0.15) is 0 Å². The van der Waals surface area contributed by atoms with Crippen LogP contribution in [0.2, 0.25) is 0 Å². The minimum Gasteiger partial charge on any atom is -0.465 e. The van der Waals surface area contributed by atoms with Crippen LogP contribution in [0.3, 0.4) is 0 Å². The summed E-state index contributed by atoms with van der Waals surface area (Å²) < 4.78 is 4.56. The smallest absolute Gasteiger partial charge is 0.337 e. The highest BCUT2D eigenvalue weighted by molar-refractivity contribution is 5.90. The third-order valence-electron chi connectivity index (χ3n) is 1.78. The number of benzene rings is 1. The molecule has 1 rings (SSSR count). The molecule has 0 aliphatic heterocycles. The molecule has 0 spiro atoms. The molecule has 1 aromatic rings. The summed E-state index contributed by atoms with van der Waals surface area (Å²) in [6, 6.07) is 4.90. The van der Waals surface area contributed by atoms with Gasteiger partial charge in [0, 0.05) is 12.2 Å². The van der Waals surface area contributed by atoms with E-state index < -0.39 is 0 Å². The first-order chi connectivity index (χ1) is 6.19. The van der Waals surface area contributed by atoms with E-state index in [4.69, 9.17) is 11.5 Å². The SMILES string of the molecule is COC(=O)c1ccc(N)c(CN)c1.Cl.Cl. The number of hydrogen-bond acceptors (Lipinski definition) is 4.